The van der Waals surface area contributed by atoms with E-state index < -0.39 is 4.92 Å². The second kappa shape index (κ2) is 3.76. The summed E-state index contributed by atoms with van der Waals surface area (Å²) in [5.74, 6) is 0. The minimum Gasteiger partial charge on any atom is -0.258 e. The van der Waals surface area contributed by atoms with E-state index in [9.17, 15) is 10.1 Å². The topological polar surface area (TPSA) is 91.9 Å². The lowest BCUT2D eigenvalue weighted by molar-refractivity contribution is -0.385. The molecule has 0 N–H and O–H groups in total. The Morgan fingerprint density at radius 3 is 2.57 bits per heavy atom. The first-order valence-corrected chi connectivity index (χ1v) is 3.87. The molecule has 0 unspecified atom stereocenters. The van der Waals surface area contributed by atoms with Gasteiger partial charge in [0.15, 0.2) is 0 Å². The molecule has 72 valence electrons. The second-order valence-electron chi connectivity index (χ2n) is 2.87. The van der Waals surface area contributed by atoms with Crippen molar-refractivity contribution in [3.63, 3.8) is 0 Å². The highest BCUT2D eigenvalue weighted by Gasteiger charge is 2.12. The molecular formula is C8H8N4O2. The Labute approximate surface area is 79.9 Å². The van der Waals surface area contributed by atoms with Gasteiger partial charge in [0, 0.05) is 22.2 Å². The van der Waals surface area contributed by atoms with Gasteiger partial charge in [-0.3, -0.25) is 10.1 Å². The third-order valence-corrected chi connectivity index (χ3v) is 1.86. The van der Waals surface area contributed by atoms with Gasteiger partial charge in [0.25, 0.3) is 5.69 Å². The molecule has 0 heterocycles. The Bertz CT molecular complexity index is 412. The van der Waals surface area contributed by atoms with E-state index >= 15 is 0 Å². The van der Waals surface area contributed by atoms with Gasteiger partial charge in [-0.1, -0.05) is 5.11 Å². The zero-order valence-electron chi connectivity index (χ0n) is 7.76. The third kappa shape index (κ3) is 1.81. The fourth-order valence-corrected chi connectivity index (χ4v) is 1.18. The average Bonchev–Trinajstić information content (AvgIpc) is 2.09. The number of nitro groups is 1. The van der Waals surface area contributed by atoms with Crippen LogP contribution >= 0.6 is 0 Å². The van der Waals surface area contributed by atoms with Crippen LogP contribution in [0.3, 0.4) is 0 Å². The number of hydrogen-bond donors (Lipinski definition) is 0. The number of benzene rings is 1. The monoisotopic (exact) mass is 192 g/mol. The normalized spacial score (nSPS) is 9.29. The maximum absolute atomic E-state index is 10.6. The molecule has 1 aromatic carbocycles. The molecule has 6 nitrogen and oxygen atoms in total. The van der Waals surface area contributed by atoms with Crippen LogP contribution in [0, 0.1) is 24.0 Å². The van der Waals surface area contributed by atoms with Crippen LogP contribution in [0.1, 0.15) is 11.1 Å². The van der Waals surface area contributed by atoms with Gasteiger partial charge in [-0.2, -0.15) is 0 Å². The second-order valence-corrected chi connectivity index (χ2v) is 2.87. The van der Waals surface area contributed by atoms with Crippen LogP contribution in [0.4, 0.5) is 11.4 Å². The van der Waals surface area contributed by atoms with E-state index in [0.717, 1.165) is 5.56 Å². The zero-order chi connectivity index (χ0) is 10.7. The molecule has 0 aliphatic heterocycles. The number of hydrogen-bond acceptors (Lipinski definition) is 3. The van der Waals surface area contributed by atoms with E-state index in [2.05, 4.69) is 10.0 Å². The number of rotatable bonds is 2. The summed E-state index contributed by atoms with van der Waals surface area (Å²) in [6.45, 7) is 3.38. The Kier molecular flexibility index (Phi) is 2.69. The lowest BCUT2D eigenvalue weighted by Crippen LogP contribution is -1.92. The molecule has 14 heavy (non-hydrogen) atoms. The molecule has 0 aromatic heterocycles. The van der Waals surface area contributed by atoms with E-state index in [-0.39, 0.29) is 5.69 Å². The van der Waals surface area contributed by atoms with Crippen LogP contribution in [0.2, 0.25) is 0 Å². The van der Waals surface area contributed by atoms with Crippen molar-refractivity contribution in [1.29, 1.82) is 0 Å². The minimum absolute atomic E-state index is 0.0296. The lowest BCUT2D eigenvalue weighted by atomic mass is 10.1. The zero-order valence-corrected chi connectivity index (χ0v) is 7.76. The van der Waals surface area contributed by atoms with Crippen molar-refractivity contribution in [3.8, 4) is 0 Å². The molecule has 1 rings (SSSR count). The Morgan fingerprint density at radius 2 is 2.07 bits per heavy atom. The Balaban J connectivity index is 3.41. The summed E-state index contributed by atoms with van der Waals surface area (Å²) >= 11 is 0. The largest absolute Gasteiger partial charge is 0.272 e. The first kappa shape index (κ1) is 10.0. The van der Waals surface area contributed by atoms with Gasteiger partial charge in [0.2, 0.25) is 0 Å². The molecular weight excluding hydrogens is 184 g/mol. The molecule has 0 bridgehead atoms. The summed E-state index contributed by atoms with van der Waals surface area (Å²) in [5, 5.41) is 13.9. The van der Waals surface area contributed by atoms with Crippen molar-refractivity contribution in [2.24, 2.45) is 5.11 Å². The molecule has 0 aliphatic rings. The summed E-state index contributed by atoms with van der Waals surface area (Å²) in [5.41, 5.74) is 9.79. The predicted molar refractivity (Wildman–Crippen MR) is 51.4 cm³/mol. The van der Waals surface area contributed by atoms with Crippen molar-refractivity contribution in [3.05, 3.63) is 43.8 Å². The first-order valence-electron chi connectivity index (χ1n) is 3.87. The molecule has 6 heteroatoms. The number of aryl methyl sites for hydroxylation is 2. The third-order valence-electron chi connectivity index (χ3n) is 1.86. The Hall–Kier alpha value is -2.07. The maximum Gasteiger partial charge on any atom is 0.272 e. The molecule has 0 saturated heterocycles. The minimum atomic E-state index is -0.495. The first-order chi connectivity index (χ1) is 6.56. The van der Waals surface area contributed by atoms with Crippen LogP contribution in [-0.4, -0.2) is 4.92 Å². The van der Waals surface area contributed by atoms with Crippen LogP contribution in [0.5, 0.6) is 0 Å². The summed E-state index contributed by atoms with van der Waals surface area (Å²) in [4.78, 5) is 12.7. The van der Waals surface area contributed by atoms with Crippen molar-refractivity contribution >= 4 is 11.4 Å². The summed E-state index contributed by atoms with van der Waals surface area (Å²) < 4.78 is 0. The van der Waals surface area contributed by atoms with E-state index in [4.69, 9.17) is 5.53 Å². The highest BCUT2D eigenvalue weighted by atomic mass is 16.6. The van der Waals surface area contributed by atoms with Crippen molar-refractivity contribution < 1.29 is 4.92 Å². The number of nitrogens with zero attached hydrogens (tertiary/aromatic N) is 4. The molecule has 1 aromatic rings. The molecule has 0 atom stereocenters. The van der Waals surface area contributed by atoms with Crippen molar-refractivity contribution in [1.82, 2.24) is 0 Å². The van der Waals surface area contributed by atoms with Gasteiger partial charge >= 0.3 is 0 Å². The van der Waals surface area contributed by atoms with Gasteiger partial charge < -0.3 is 0 Å². The Morgan fingerprint density at radius 1 is 1.43 bits per heavy atom. The van der Waals surface area contributed by atoms with Gasteiger partial charge in [0.05, 0.1) is 4.92 Å². The fourth-order valence-electron chi connectivity index (χ4n) is 1.18. The fraction of sp³-hybridized carbons (Fsp3) is 0.250. The van der Waals surface area contributed by atoms with Crippen LogP contribution < -0.4 is 0 Å². The van der Waals surface area contributed by atoms with Gasteiger partial charge in [-0.05, 0) is 31.0 Å². The van der Waals surface area contributed by atoms with Crippen LogP contribution in [0.15, 0.2) is 17.2 Å². The molecule has 0 radical (unpaired) electrons. The van der Waals surface area contributed by atoms with Crippen LogP contribution in [-0.2, 0) is 0 Å². The van der Waals surface area contributed by atoms with Gasteiger partial charge in [0.1, 0.15) is 0 Å². The highest BCUT2D eigenvalue weighted by Crippen LogP contribution is 2.28. The van der Waals surface area contributed by atoms with E-state index in [0.29, 0.717) is 11.3 Å². The molecule has 0 saturated carbocycles. The standard InChI is InChI=1S/C8H8N4O2/c1-5-3-6(2)8(12(13)14)4-7(5)10-11-9/h3-4H,1-2H3. The summed E-state index contributed by atoms with van der Waals surface area (Å²) in [6.07, 6.45) is 0. The molecule has 0 aliphatic carbocycles. The van der Waals surface area contributed by atoms with Gasteiger partial charge in [-0.15, -0.1) is 0 Å². The lowest BCUT2D eigenvalue weighted by Gasteiger charge is -2.01. The number of nitro benzene ring substituents is 1. The van der Waals surface area contributed by atoms with Crippen LogP contribution in [0.25, 0.3) is 10.4 Å². The summed E-state index contributed by atoms with van der Waals surface area (Å²) in [6, 6.07) is 2.91. The molecule has 0 amide bonds. The SMILES string of the molecule is Cc1cc(C)c([N+](=O)[O-])cc1N=[N+]=[N-]. The quantitative estimate of drug-likeness (QED) is 0.236. The van der Waals surface area contributed by atoms with E-state index in [1.165, 1.54) is 6.07 Å². The molecule has 0 fully saturated rings. The van der Waals surface area contributed by atoms with E-state index in [1.807, 2.05) is 0 Å². The number of azide groups is 1. The average molecular weight is 192 g/mol. The van der Waals surface area contributed by atoms with E-state index in [1.54, 1.807) is 19.9 Å². The van der Waals surface area contributed by atoms with Crippen molar-refractivity contribution in [2.45, 2.75) is 13.8 Å². The molecule has 0 spiro atoms. The summed E-state index contributed by atoms with van der Waals surface area (Å²) in [7, 11) is 0. The maximum atomic E-state index is 10.6. The van der Waals surface area contributed by atoms with Crippen molar-refractivity contribution in [2.75, 3.05) is 0 Å². The highest BCUT2D eigenvalue weighted by molar-refractivity contribution is 5.56. The van der Waals surface area contributed by atoms with Gasteiger partial charge in [-0.25, -0.2) is 0 Å². The predicted octanol–water partition coefficient (Wildman–Crippen LogP) is 3.15. The smallest absolute Gasteiger partial charge is 0.258 e.